The Labute approximate surface area is 202 Å². The molecule has 8 heteroatoms. The van der Waals surface area contributed by atoms with Crippen molar-refractivity contribution < 1.29 is 14.0 Å². The number of benzene rings is 2. The molecule has 3 rings (SSSR count). The van der Waals surface area contributed by atoms with Gasteiger partial charge in [0.2, 0.25) is 11.8 Å². The summed E-state index contributed by atoms with van der Waals surface area (Å²) in [6, 6.07) is 10.8. The highest BCUT2D eigenvalue weighted by Gasteiger charge is 2.28. The van der Waals surface area contributed by atoms with Gasteiger partial charge < -0.3 is 10.2 Å². The van der Waals surface area contributed by atoms with E-state index in [1.54, 1.807) is 36.1 Å². The monoisotopic (exact) mass is 496 g/mol. The summed E-state index contributed by atoms with van der Waals surface area (Å²) >= 11 is 13.6. The first-order valence-electron chi connectivity index (χ1n) is 10.7. The molecule has 1 aliphatic carbocycles. The van der Waals surface area contributed by atoms with Crippen LogP contribution in [0, 0.1) is 5.82 Å². The third-order valence-electron chi connectivity index (χ3n) is 5.63. The molecule has 1 atom stereocenters. The zero-order valence-electron chi connectivity index (χ0n) is 18.0. The van der Waals surface area contributed by atoms with Crippen LogP contribution in [0.1, 0.15) is 43.7 Å². The number of amides is 2. The number of carbonyl (C=O) groups excluding carboxylic acids is 2. The highest BCUT2D eigenvalue weighted by atomic mass is 35.5. The van der Waals surface area contributed by atoms with E-state index in [2.05, 4.69) is 5.32 Å². The first-order valence-corrected chi connectivity index (χ1v) is 12.6. The van der Waals surface area contributed by atoms with Gasteiger partial charge in [-0.15, -0.1) is 11.8 Å². The van der Waals surface area contributed by atoms with Gasteiger partial charge in [0, 0.05) is 28.4 Å². The number of halogens is 3. The molecule has 0 aliphatic heterocycles. The van der Waals surface area contributed by atoms with Crippen LogP contribution in [0.2, 0.25) is 10.0 Å². The van der Waals surface area contributed by atoms with E-state index < -0.39 is 6.04 Å². The SMILES string of the molecule is C[C@H](C(=O)NC1CCCC1)N(Cc1ccc(F)cc1)C(=O)CSCc1ccc(Cl)cc1Cl. The van der Waals surface area contributed by atoms with Gasteiger partial charge in [0.1, 0.15) is 11.9 Å². The second-order valence-electron chi connectivity index (χ2n) is 8.04. The second kappa shape index (κ2) is 11.9. The molecule has 0 bridgehead atoms. The summed E-state index contributed by atoms with van der Waals surface area (Å²) in [4.78, 5) is 27.5. The van der Waals surface area contributed by atoms with E-state index in [9.17, 15) is 14.0 Å². The minimum Gasteiger partial charge on any atom is -0.352 e. The molecular formula is C24H27Cl2FN2O2S. The first-order chi connectivity index (χ1) is 15.3. The van der Waals surface area contributed by atoms with E-state index in [0.717, 1.165) is 36.8 Å². The summed E-state index contributed by atoms with van der Waals surface area (Å²) in [6.45, 7) is 1.98. The van der Waals surface area contributed by atoms with Crippen LogP contribution in [0.25, 0.3) is 0 Å². The van der Waals surface area contributed by atoms with Crippen molar-refractivity contribution in [3.8, 4) is 0 Å². The van der Waals surface area contributed by atoms with Gasteiger partial charge in [-0.25, -0.2) is 4.39 Å². The molecular weight excluding hydrogens is 470 g/mol. The van der Waals surface area contributed by atoms with Crippen molar-refractivity contribution in [2.24, 2.45) is 0 Å². The summed E-state index contributed by atoms with van der Waals surface area (Å²) < 4.78 is 13.3. The maximum absolute atomic E-state index is 13.3. The fourth-order valence-electron chi connectivity index (χ4n) is 3.73. The molecule has 0 heterocycles. The predicted octanol–water partition coefficient (Wildman–Crippen LogP) is 5.84. The fraction of sp³-hybridized carbons (Fsp3) is 0.417. The Morgan fingerprint density at radius 1 is 1.16 bits per heavy atom. The molecule has 0 unspecified atom stereocenters. The lowest BCUT2D eigenvalue weighted by molar-refractivity contribution is -0.138. The van der Waals surface area contributed by atoms with E-state index >= 15 is 0 Å². The maximum Gasteiger partial charge on any atom is 0.242 e. The quantitative estimate of drug-likeness (QED) is 0.474. The molecule has 0 radical (unpaired) electrons. The minimum absolute atomic E-state index is 0.154. The zero-order chi connectivity index (χ0) is 23.1. The van der Waals surface area contributed by atoms with Crippen molar-refractivity contribution in [2.45, 2.75) is 57.0 Å². The van der Waals surface area contributed by atoms with Crippen LogP contribution < -0.4 is 5.32 Å². The maximum atomic E-state index is 13.3. The molecule has 0 spiro atoms. The Morgan fingerprint density at radius 2 is 1.84 bits per heavy atom. The van der Waals surface area contributed by atoms with Crippen molar-refractivity contribution >= 4 is 46.8 Å². The summed E-state index contributed by atoms with van der Waals surface area (Å²) in [5.41, 5.74) is 1.66. The second-order valence-corrected chi connectivity index (χ2v) is 9.87. The summed E-state index contributed by atoms with van der Waals surface area (Å²) in [5, 5.41) is 4.20. The van der Waals surface area contributed by atoms with Crippen LogP contribution in [0.4, 0.5) is 4.39 Å². The van der Waals surface area contributed by atoms with Crippen molar-refractivity contribution in [1.82, 2.24) is 10.2 Å². The van der Waals surface area contributed by atoms with Gasteiger partial charge in [0.15, 0.2) is 0 Å². The predicted molar refractivity (Wildman–Crippen MR) is 129 cm³/mol. The molecule has 4 nitrogen and oxygen atoms in total. The number of nitrogens with one attached hydrogen (secondary N) is 1. The lowest BCUT2D eigenvalue weighted by Gasteiger charge is -2.29. The number of thioether (sulfide) groups is 1. The Hall–Kier alpha value is -1.76. The molecule has 0 saturated heterocycles. The topological polar surface area (TPSA) is 49.4 Å². The van der Waals surface area contributed by atoms with E-state index in [1.165, 1.54) is 23.9 Å². The molecule has 2 aromatic rings. The highest BCUT2D eigenvalue weighted by molar-refractivity contribution is 7.99. The van der Waals surface area contributed by atoms with Crippen molar-refractivity contribution in [3.63, 3.8) is 0 Å². The average molecular weight is 497 g/mol. The van der Waals surface area contributed by atoms with Gasteiger partial charge in [0.05, 0.1) is 5.75 Å². The Kier molecular flexibility index (Phi) is 9.26. The van der Waals surface area contributed by atoms with E-state index in [4.69, 9.17) is 23.2 Å². The molecule has 1 saturated carbocycles. The van der Waals surface area contributed by atoms with Crippen molar-refractivity contribution in [2.75, 3.05) is 5.75 Å². The van der Waals surface area contributed by atoms with Crippen LogP contribution in [0.5, 0.6) is 0 Å². The van der Waals surface area contributed by atoms with E-state index in [0.29, 0.717) is 15.8 Å². The third-order valence-corrected chi connectivity index (χ3v) is 7.19. The number of hydrogen-bond acceptors (Lipinski definition) is 3. The van der Waals surface area contributed by atoms with E-state index in [-0.39, 0.29) is 36.0 Å². The molecule has 1 fully saturated rings. The minimum atomic E-state index is -0.632. The molecule has 1 aliphatic rings. The Bertz CT molecular complexity index is 936. The number of hydrogen-bond donors (Lipinski definition) is 1. The van der Waals surface area contributed by atoms with Gasteiger partial charge in [-0.3, -0.25) is 9.59 Å². The number of rotatable bonds is 9. The zero-order valence-corrected chi connectivity index (χ0v) is 20.3. The fourth-order valence-corrected chi connectivity index (χ4v) is 5.20. The van der Waals surface area contributed by atoms with Crippen LogP contribution in [0.15, 0.2) is 42.5 Å². The van der Waals surface area contributed by atoms with Gasteiger partial charge >= 0.3 is 0 Å². The van der Waals surface area contributed by atoms with Gasteiger partial charge in [-0.05, 0) is 55.2 Å². The number of nitrogens with zero attached hydrogens (tertiary/aromatic N) is 1. The van der Waals surface area contributed by atoms with Crippen LogP contribution in [0.3, 0.4) is 0 Å². The summed E-state index contributed by atoms with van der Waals surface area (Å²) in [7, 11) is 0. The van der Waals surface area contributed by atoms with Gasteiger partial charge in [-0.1, -0.05) is 54.2 Å². The summed E-state index contributed by atoms with van der Waals surface area (Å²) in [5.74, 6) is 0.0985. The lowest BCUT2D eigenvalue weighted by atomic mass is 10.1. The van der Waals surface area contributed by atoms with Crippen LogP contribution in [-0.2, 0) is 21.9 Å². The normalized spacial score (nSPS) is 14.9. The molecule has 1 N–H and O–H groups in total. The van der Waals surface area contributed by atoms with Crippen molar-refractivity contribution in [3.05, 3.63) is 69.5 Å². The first kappa shape index (κ1) is 24.9. The largest absolute Gasteiger partial charge is 0.352 e. The lowest BCUT2D eigenvalue weighted by Crippen LogP contribution is -2.50. The summed E-state index contributed by atoms with van der Waals surface area (Å²) in [6.07, 6.45) is 4.17. The number of carbonyl (C=O) groups is 2. The Morgan fingerprint density at radius 3 is 2.50 bits per heavy atom. The standard InChI is InChI=1S/C24H27Cl2FN2O2S/c1-16(24(31)28-21-4-2-3-5-21)29(13-17-6-10-20(27)11-7-17)23(30)15-32-14-18-8-9-19(25)12-22(18)26/h6-12,16,21H,2-5,13-15H2,1H3,(H,28,31)/t16-/m1/s1. The molecule has 0 aromatic heterocycles. The van der Waals surface area contributed by atoms with Crippen LogP contribution >= 0.6 is 35.0 Å². The highest BCUT2D eigenvalue weighted by Crippen LogP contribution is 2.25. The van der Waals surface area contributed by atoms with Crippen LogP contribution in [-0.4, -0.2) is 34.6 Å². The third kappa shape index (κ3) is 7.12. The molecule has 2 aromatic carbocycles. The average Bonchev–Trinajstić information content (AvgIpc) is 3.27. The molecule has 32 heavy (non-hydrogen) atoms. The van der Waals surface area contributed by atoms with Gasteiger partial charge in [-0.2, -0.15) is 0 Å². The Balaban J connectivity index is 1.66. The molecule has 172 valence electrons. The smallest absolute Gasteiger partial charge is 0.242 e. The van der Waals surface area contributed by atoms with E-state index in [1.807, 2.05) is 6.07 Å². The molecule has 2 amide bonds. The van der Waals surface area contributed by atoms with Gasteiger partial charge in [0.25, 0.3) is 0 Å². The van der Waals surface area contributed by atoms with Crippen molar-refractivity contribution in [1.29, 1.82) is 0 Å².